The third-order valence-corrected chi connectivity index (χ3v) is 17.3. The van der Waals surface area contributed by atoms with Crippen LogP contribution in [0, 0.1) is 27.7 Å². The summed E-state index contributed by atoms with van der Waals surface area (Å²) in [4.78, 5) is 0.212. The molecule has 2 saturated heterocycles. The monoisotopic (exact) mass is 908 g/mol. The van der Waals surface area contributed by atoms with E-state index in [1.54, 1.807) is 48.5 Å². The van der Waals surface area contributed by atoms with Gasteiger partial charge in [0.25, 0.3) is 0 Å². The minimum atomic E-state index is -3.95. The lowest BCUT2D eigenvalue weighted by atomic mass is 10.2. The van der Waals surface area contributed by atoms with Crippen LogP contribution in [0.3, 0.4) is 0 Å². The van der Waals surface area contributed by atoms with Crippen molar-refractivity contribution in [2.75, 3.05) is 52.4 Å². The number of aliphatic hydroxyl groups is 4. The van der Waals surface area contributed by atoms with Gasteiger partial charge in [0.05, 0.1) is 44.0 Å². The van der Waals surface area contributed by atoms with Crippen LogP contribution in [0.2, 0.25) is 0 Å². The lowest BCUT2D eigenvalue weighted by molar-refractivity contribution is 0.0547. The fraction of sp³-hybridized carbons (Fsp3) is 0.400. The van der Waals surface area contributed by atoms with Crippen LogP contribution in [0.1, 0.15) is 22.3 Å². The second-order valence-corrected chi connectivity index (χ2v) is 22.9. The van der Waals surface area contributed by atoms with Crippen molar-refractivity contribution >= 4 is 40.1 Å². The zero-order chi connectivity index (χ0) is 44.2. The number of hydrogen-bond acceptors (Lipinski definition) is 12. The molecule has 2 aliphatic heterocycles. The highest BCUT2D eigenvalue weighted by atomic mass is 32.2. The predicted octanol–water partition coefficient (Wildman–Crippen LogP) is 1.44. The number of aliphatic hydroxyl groups excluding tert-OH is 4. The molecule has 6 rings (SSSR count). The molecule has 0 spiro atoms. The summed E-state index contributed by atoms with van der Waals surface area (Å²) in [7, 11) is -15.8. The number of hydrogen-bond donors (Lipinski definition) is 4. The van der Waals surface area contributed by atoms with E-state index in [2.05, 4.69) is 0 Å². The van der Waals surface area contributed by atoms with Gasteiger partial charge in [0.1, 0.15) is 0 Å². The zero-order valence-corrected chi connectivity index (χ0v) is 36.9. The number of rotatable bonds is 8. The summed E-state index contributed by atoms with van der Waals surface area (Å²) >= 11 is 0. The van der Waals surface area contributed by atoms with Crippen molar-refractivity contribution in [3.8, 4) is 0 Å². The molecule has 2 fully saturated rings. The average Bonchev–Trinajstić information content (AvgIpc) is 3.16. The Balaban J connectivity index is 0.000000228. The highest BCUT2D eigenvalue weighted by Crippen LogP contribution is 2.25. The molecule has 4 N–H and O–H groups in total. The summed E-state index contributed by atoms with van der Waals surface area (Å²) in [5.74, 6) is 0. The molecule has 0 saturated carbocycles. The average molecular weight is 909 g/mol. The molecule has 60 heavy (non-hydrogen) atoms. The molecule has 2 heterocycles. The van der Waals surface area contributed by atoms with Crippen LogP contribution < -0.4 is 0 Å². The fourth-order valence-electron chi connectivity index (χ4n) is 6.63. The largest absolute Gasteiger partial charge is 0.390 e. The molecule has 2 aliphatic rings. The van der Waals surface area contributed by atoms with E-state index in [0.717, 1.165) is 39.5 Å². The summed E-state index contributed by atoms with van der Waals surface area (Å²) in [5.41, 5.74) is 3.61. The van der Waals surface area contributed by atoms with Crippen LogP contribution >= 0.6 is 0 Å². The first-order chi connectivity index (χ1) is 28.0. The number of benzene rings is 4. The lowest BCUT2D eigenvalue weighted by Crippen LogP contribution is -2.53. The van der Waals surface area contributed by atoms with Gasteiger partial charge < -0.3 is 20.4 Å². The second kappa shape index (κ2) is 19.2. The molecule has 20 heteroatoms. The second-order valence-electron chi connectivity index (χ2n) is 15.2. The quantitative estimate of drug-likeness (QED) is 0.197. The summed E-state index contributed by atoms with van der Waals surface area (Å²) in [6.45, 7) is 4.74. The molecule has 4 aromatic carbocycles. The standard InChI is InChI=1S/2C20H26N2O6S2/c2*1-15-3-7-19(8-4-15)29(25,26)21-11-17(23)13-22(14-18(24)12-21)30(27,28)20-9-5-16(2)6-10-20/h2*3-10,17-18,23-24H,11-14H2,1-2H3. The minimum Gasteiger partial charge on any atom is -0.390 e. The van der Waals surface area contributed by atoms with E-state index in [-0.39, 0.29) is 71.9 Å². The first kappa shape index (κ1) is 47.4. The smallest absolute Gasteiger partial charge is 0.243 e. The molecule has 4 aromatic rings. The van der Waals surface area contributed by atoms with E-state index in [1.165, 1.54) is 48.5 Å². The molecule has 0 aromatic heterocycles. The molecule has 0 aliphatic carbocycles. The third kappa shape index (κ3) is 11.4. The van der Waals surface area contributed by atoms with Crippen LogP contribution in [0.15, 0.2) is 117 Å². The SMILES string of the molecule is Cc1ccc(S(=O)(=O)N2CC(O)CN(S(=O)(=O)c3ccc(C)cc3)CC(O)C2)cc1.Cc1ccc(S(=O)(=O)N2CC(O)CN(S(=O)(=O)c3ccc(C)cc3)CC(O)C2)cc1. The highest BCUT2D eigenvalue weighted by molar-refractivity contribution is 7.90. The first-order valence-corrected chi connectivity index (χ1v) is 24.8. The number of sulfonamides is 4. The Labute approximate surface area is 353 Å². The van der Waals surface area contributed by atoms with Gasteiger partial charge in [-0.2, -0.15) is 17.2 Å². The van der Waals surface area contributed by atoms with Gasteiger partial charge >= 0.3 is 0 Å². The van der Waals surface area contributed by atoms with Crippen molar-refractivity contribution in [1.29, 1.82) is 0 Å². The highest BCUT2D eigenvalue weighted by Gasteiger charge is 2.38. The number of β-amino-alcohol motifs (C(OH)–C–C–N with tert-alkyl or cyclic N) is 4. The molecule has 0 atom stereocenters. The molecular formula is C40H52N4O12S4. The van der Waals surface area contributed by atoms with E-state index in [4.69, 9.17) is 0 Å². The fourth-order valence-corrected chi connectivity index (χ4v) is 12.7. The van der Waals surface area contributed by atoms with Crippen LogP contribution in [0.4, 0.5) is 0 Å². The maximum absolute atomic E-state index is 13.0. The Bertz CT molecular complexity index is 2140. The Morgan fingerprint density at radius 2 is 0.450 bits per heavy atom. The van der Waals surface area contributed by atoms with E-state index < -0.39 is 64.5 Å². The zero-order valence-electron chi connectivity index (χ0n) is 33.7. The van der Waals surface area contributed by atoms with Gasteiger partial charge in [-0.05, 0) is 76.2 Å². The molecule has 16 nitrogen and oxygen atoms in total. The molecule has 0 amide bonds. The van der Waals surface area contributed by atoms with Gasteiger partial charge in [-0.1, -0.05) is 70.8 Å². The summed E-state index contributed by atoms with van der Waals surface area (Å²) < 4.78 is 108. The van der Waals surface area contributed by atoms with E-state index in [0.29, 0.717) is 0 Å². The van der Waals surface area contributed by atoms with Crippen molar-refractivity contribution in [1.82, 2.24) is 17.2 Å². The number of aryl methyl sites for hydroxylation is 4. The maximum atomic E-state index is 13.0. The molecule has 0 radical (unpaired) electrons. The molecular weight excluding hydrogens is 857 g/mol. The molecule has 0 bridgehead atoms. The van der Waals surface area contributed by atoms with Crippen LogP contribution in [-0.4, -0.2) is 148 Å². The molecule has 0 unspecified atom stereocenters. The summed E-state index contributed by atoms with van der Waals surface area (Å²) in [6.07, 6.45) is -5.01. The van der Waals surface area contributed by atoms with Gasteiger partial charge in [-0.25, -0.2) is 33.7 Å². The van der Waals surface area contributed by atoms with Crippen molar-refractivity contribution in [3.63, 3.8) is 0 Å². The normalized spacial score (nSPS) is 22.4. The van der Waals surface area contributed by atoms with Crippen molar-refractivity contribution < 1.29 is 54.1 Å². The van der Waals surface area contributed by atoms with Crippen LogP contribution in [0.5, 0.6) is 0 Å². The van der Waals surface area contributed by atoms with Gasteiger partial charge in [-0.3, -0.25) is 0 Å². The van der Waals surface area contributed by atoms with Crippen LogP contribution in [-0.2, 0) is 40.1 Å². The van der Waals surface area contributed by atoms with Crippen molar-refractivity contribution in [2.24, 2.45) is 0 Å². The Morgan fingerprint density at radius 3 is 0.583 bits per heavy atom. The summed E-state index contributed by atoms with van der Waals surface area (Å²) in [5, 5.41) is 41.8. The van der Waals surface area contributed by atoms with E-state index in [9.17, 15) is 54.1 Å². The number of nitrogens with zero attached hydrogens (tertiary/aromatic N) is 4. The predicted molar refractivity (Wildman–Crippen MR) is 224 cm³/mol. The van der Waals surface area contributed by atoms with E-state index in [1.807, 2.05) is 27.7 Å². The first-order valence-electron chi connectivity index (χ1n) is 19.0. The lowest BCUT2D eigenvalue weighted by Gasteiger charge is -2.34. The van der Waals surface area contributed by atoms with Gasteiger partial charge in [0, 0.05) is 52.4 Å². The Kier molecular flexibility index (Phi) is 15.2. The Hall–Kier alpha value is -3.64. The topological polar surface area (TPSA) is 230 Å². The molecule has 328 valence electrons. The van der Waals surface area contributed by atoms with Crippen molar-refractivity contribution in [2.45, 2.75) is 71.7 Å². The van der Waals surface area contributed by atoms with E-state index >= 15 is 0 Å². The van der Waals surface area contributed by atoms with Gasteiger partial charge in [-0.15, -0.1) is 0 Å². The van der Waals surface area contributed by atoms with Gasteiger partial charge in [0.2, 0.25) is 40.1 Å². The van der Waals surface area contributed by atoms with Crippen LogP contribution in [0.25, 0.3) is 0 Å². The Morgan fingerprint density at radius 1 is 0.317 bits per heavy atom. The minimum absolute atomic E-state index is 0.0530. The maximum Gasteiger partial charge on any atom is 0.243 e. The van der Waals surface area contributed by atoms with Crippen molar-refractivity contribution in [3.05, 3.63) is 119 Å². The third-order valence-electron chi connectivity index (χ3n) is 9.95. The summed E-state index contributed by atoms with van der Waals surface area (Å²) in [6, 6.07) is 25.1. The van der Waals surface area contributed by atoms with Gasteiger partial charge in [0.15, 0.2) is 0 Å².